The number of aromatic nitrogens is 2. The van der Waals surface area contributed by atoms with Gasteiger partial charge < -0.3 is 10.6 Å². The average Bonchev–Trinajstić information content (AvgIpc) is 2.78. The number of thiophene rings is 1. The van der Waals surface area contributed by atoms with Crippen LogP contribution in [0.3, 0.4) is 0 Å². The summed E-state index contributed by atoms with van der Waals surface area (Å²) in [5.41, 5.74) is 5.88. The second-order valence-electron chi connectivity index (χ2n) is 6.16. The maximum absolute atomic E-state index is 5.88. The lowest BCUT2D eigenvalue weighted by Gasteiger charge is -2.36. The Morgan fingerprint density at radius 1 is 1.24 bits per heavy atom. The summed E-state index contributed by atoms with van der Waals surface area (Å²) in [6.45, 7) is 12.0. The van der Waals surface area contributed by atoms with Gasteiger partial charge in [0.1, 0.15) is 10.6 Å². The molecular formula is C15H23N5S. The molecule has 2 aromatic heterocycles. The normalized spacial score (nSPS) is 17.0. The molecule has 0 atom stereocenters. The number of nitrogen functional groups attached to an aromatic ring is 1. The van der Waals surface area contributed by atoms with Gasteiger partial charge in [0.2, 0.25) is 5.95 Å². The predicted molar refractivity (Wildman–Crippen MR) is 90.1 cm³/mol. The van der Waals surface area contributed by atoms with Crippen LogP contribution in [0.4, 0.5) is 11.8 Å². The first-order chi connectivity index (χ1) is 10.0. The van der Waals surface area contributed by atoms with Crippen LogP contribution in [-0.2, 0) is 0 Å². The van der Waals surface area contributed by atoms with Crippen LogP contribution >= 0.6 is 11.3 Å². The molecule has 1 aliphatic rings. The zero-order valence-corrected chi connectivity index (χ0v) is 13.8. The highest BCUT2D eigenvalue weighted by atomic mass is 32.1. The van der Waals surface area contributed by atoms with Crippen LogP contribution in [0.2, 0.25) is 0 Å². The van der Waals surface area contributed by atoms with Crippen molar-refractivity contribution >= 4 is 33.3 Å². The lowest BCUT2D eigenvalue weighted by molar-refractivity contribution is 0.231. The lowest BCUT2D eigenvalue weighted by Crippen LogP contribution is -2.47. The quantitative estimate of drug-likeness (QED) is 0.943. The summed E-state index contributed by atoms with van der Waals surface area (Å²) in [5, 5.41) is 1.14. The van der Waals surface area contributed by atoms with Gasteiger partial charge in [0.25, 0.3) is 0 Å². The number of fused-ring (bicyclic) bond motifs is 1. The number of aryl methyl sites for hydroxylation is 1. The van der Waals surface area contributed by atoms with Crippen molar-refractivity contribution in [2.24, 2.45) is 5.92 Å². The minimum Gasteiger partial charge on any atom is -0.368 e. The fraction of sp³-hybridized carbons (Fsp3) is 0.600. The van der Waals surface area contributed by atoms with Gasteiger partial charge in [-0.2, -0.15) is 4.98 Å². The van der Waals surface area contributed by atoms with Crippen molar-refractivity contribution in [3.05, 3.63) is 10.9 Å². The molecule has 0 saturated carbocycles. The minimum absolute atomic E-state index is 0.379. The van der Waals surface area contributed by atoms with Gasteiger partial charge in [0.15, 0.2) is 0 Å². The van der Waals surface area contributed by atoms with E-state index in [-0.39, 0.29) is 0 Å². The van der Waals surface area contributed by atoms with E-state index in [2.05, 4.69) is 46.6 Å². The summed E-state index contributed by atoms with van der Waals surface area (Å²) in [7, 11) is 0. The smallest absolute Gasteiger partial charge is 0.223 e. The van der Waals surface area contributed by atoms with Gasteiger partial charge in [0, 0.05) is 37.6 Å². The van der Waals surface area contributed by atoms with Crippen molar-refractivity contribution in [2.45, 2.75) is 20.8 Å². The first kappa shape index (κ1) is 14.5. The molecular weight excluding hydrogens is 282 g/mol. The van der Waals surface area contributed by atoms with E-state index in [1.807, 2.05) is 0 Å². The van der Waals surface area contributed by atoms with Crippen molar-refractivity contribution in [2.75, 3.05) is 43.4 Å². The van der Waals surface area contributed by atoms with Crippen LogP contribution in [0.25, 0.3) is 10.2 Å². The number of anilines is 2. The molecule has 0 radical (unpaired) electrons. The van der Waals surface area contributed by atoms with Gasteiger partial charge >= 0.3 is 0 Å². The fourth-order valence-electron chi connectivity index (χ4n) is 2.94. The van der Waals surface area contributed by atoms with Gasteiger partial charge in [-0.15, -0.1) is 11.3 Å². The van der Waals surface area contributed by atoms with Crippen molar-refractivity contribution in [1.29, 1.82) is 0 Å². The fourth-order valence-corrected chi connectivity index (χ4v) is 3.82. The zero-order valence-electron chi connectivity index (χ0n) is 13.0. The molecule has 0 aromatic carbocycles. The summed E-state index contributed by atoms with van der Waals surface area (Å²) in [4.78, 5) is 16.0. The first-order valence-corrected chi connectivity index (χ1v) is 8.35. The number of nitrogens with two attached hydrogens (primary N) is 1. The molecule has 0 aliphatic carbocycles. The Labute approximate surface area is 129 Å². The van der Waals surface area contributed by atoms with Gasteiger partial charge in [-0.05, 0) is 18.9 Å². The van der Waals surface area contributed by atoms with E-state index in [9.17, 15) is 0 Å². The van der Waals surface area contributed by atoms with Gasteiger partial charge in [-0.25, -0.2) is 4.98 Å². The molecule has 1 fully saturated rings. The van der Waals surface area contributed by atoms with E-state index in [1.54, 1.807) is 11.3 Å². The number of hydrogen-bond donors (Lipinski definition) is 1. The summed E-state index contributed by atoms with van der Waals surface area (Å²) < 4.78 is 0. The summed E-state index contributed by atoms with van der Waals surface area (Å²) in [5.74, 6) is 2.10. The third kappa shape index (κ3) is 3.11. The summed E-state index contributed by atoms with van der Waals surface area (Å²) >= 11 is 1.69. The highest BCUT2D eigenvalue weighted by Gasteiger charge is 2.21. The molecule has 1 saturated heterocycles. The van der Waals surface area contributed by atoms with Gasteiger partial charge in [-0.3, -0.25) is 4.90 Å². The van der Waals surface area contributed by atoms with Crippen molar-refractivity contribution < 1.29 is 0 Å². The largest absolute Gasteiger partial charge is 0.368 e. The van der Waals surface area contributed by atoms with Gasteiger partial charge in [0.05, 0.1) is 5.39 Å². The van der Waals surface area contributed by atoms with Crippen molar-refractivity contribution in [3.63, 3.8) is 0 Å². The summed E-state index contributed by atoms with van der Waals surface area (Å²) in [6, 6.07) is 2.18. The monoisotopic (exact) mass is 305 g/mol. The second kappa shape index (κ2) is 5.77. The van der Waals surface area contributed by atoms with E-state index in [4.69, 9.17) is 5.73 Å². The highest BCUT2D eigenvalue weighted by Crippen LogP contribution is 2.31. The van der Waals surface area contributed by atoms with E-state index in [1.165, 1.54) is 11.4 Å². The maximum atomic E-state index is 5.88. The van der Waals surface area contributed by atoms with E-state index in [0.717, 1.165) is 48.1 Å². The van der Waals surface area contributed by atoms with Crippen LogP contribution in [0.1, 0.15) is 18.7 Å². The third-order valence-electron chi connectivity index (χ3n) is 3.81. The van der Waals surface area contributed by atoms with Crippen LogP contribution in [0.5, 0.6) is 0 Å². The van der Waals surface area contributed by atoms with Crippen LogP contribution in [0.15, 0.2) is 6.07 Å². The molecule has 21 heavy (non-hydrogen) atoms. The molecule has 3 heterocycles. The Balaban J connectivity index is 1.82. The molecule has 0 spiro atoms. The topological polar surface area (TPSA) is 58.3 Å². The molecule has 0 unspecified atom stereocenters. The molecule has 5 nitrogen and oxygen atoms in total. The Kier molecular flexibility index (Phi) is 3.99. The highest BCUT2D eigenvalue weighted by molar-refractivity contribution is 7.18. The van der Waals surface area contributed by atoms with E-state index in [0.29, 0.717) is 5.95 Å². The molecule has 114 valence electrons. The number of rotatable bonds is 3. The molecule has 0 amide bonds. The van der Waals surface area contributed by atoms with Gasteiger partial charge in [-0.1, -0.05) is 13.8 Å². The lowest BCUT2D eigenvalue weighted by atomic mass is 10.2. The molecule has 6 heteroatoms. The summed E-state index contributed by atoms with van der Waals surface area (Å²) in [6.07, 6.45) is 0. The molecule has 2 aromatic rings. The zero-order chi connectivity index (χ0) is 15.0. The van der Waals surface area contributed by atoms with Crippen molar-refractivity contribution in [1.82, 2.24) is 14.9 Å². The van der Waals surface area contributed by atoms with E-state index >= 15 is 0 Å². The Morgan fingerprint density at radius 3 is 2.62 bits per heavy atom. The number of nitrogens with zero attached hydrogens (tertiary/aromatic N) is 4. The third-order valence-corrected chi connectivity index (χ3v) is 4.75. The van der Waals surface area contributed by atoms with Crippen LogP contribution in [-0.4, -0.2) is 47.6 Å². The SMILES string of the molecule is Cc1cc2c(N3CCN(CC(C)C)CC3)nc(N)nc2s1. The molecule has 3 rings (SSSR count). The number of hydrogen-bond acceptors (Lipinski definition) is 6. The average molecular weight is 305 g/mol. The Morgan fingerprint density at radius 2 is 1.95 bits per heavy atom. The van der Waals surface area contributed by atoms with Crippen molar-refractivity contribution in [3.8, 4) is 0 Å². The molecule has 2 N–H and O–H groups in total. The Hall–Kier alpha value is -1.40. The predicted octanol–water partition coefficient (Wildman–Crippen LogP) is 2.36. The minimum atomic E-state index is 0.379. The second-order valence-corrected chi connectivity index (χ2v) is 7.40. The van der Waals surface area contributed by atoms with Crippen LogP contribution in [0, 0.1) is 12.8 Å². The molecule has 1 aliphatic heterocycles. The maximum Gasteiger partial charge on any atom is 0.223 e. The number of piperazine rings is 1. The van der Waals surface area contributed by atoms with Crippen LogP contribution < -0.4 is 10.6 Å². The Bertz CT molecular complexity index is 628. The standard InChI is InChI=1S/C15H23N5S/c1-10(2)9-19-4-6-20(7-5-19)13-12-8-11(3)21-14(12)18-15(16)17-13/h8,10H,4-7,9H2,1-3H3,(H2,16,17,18). The first-order valence-electron chi connectivity index (χ1n) is 7.54. The van der Waals surface area contributed by atoms with E-state index < -0.39 is 0 Å². The molecule has 0 bridgehead atoms.